The number of rotatable bonds is 0. The molecule has 1 rings (SSSR count). The summed E-state index contributed by atoms with van der Waals surface area (Å²) in [6.07, 6.45) is 0. The average molecular weight is 142 g/mol. The molecule has 2 N–H and O–H groups in total. The number of hydrogen-bond donors (Lipinski definition) is 2. The molecule has 54 valence electrons. The molecule has 1 heterocycles. The van der Waals surface area contributed by atoms with E-state index >= 15 is 0 Å². The Labute approximate surface area is 56.7 Å². The van der Waals surface area contributed by atoms with Crippen LogP contribution in [0.3, 0.4) is 0 Å². The first-order valence-electron chi connectivity index (χ1n) is 2.76. The summed E-state index contributed by atoms with van der Waals surface area (Å²) < 4.78 is 0. The number of nitrogens with zero attached hydrogens (tertiary/aromatic N) is 2. The van der Waals surface area contributed by atoms with Gasteiger partial charge in [-0.25, -0.2) is 9.59 Å². The van der Waals surface area contributed by atoms with E-state index in [1.54, 1.807) is 0 Å². The van der Waals surface area contributed by atoms with Gasteiger partial charge in [0.05, 0.1) is 0 Å². The number of carbonyl (C=O) groups excluding carboxylic acids is 2. The molecule has 0 spiro atoms. The van der Waals surface area contributed by atoms with Crippen molar-refractivity contribution in [1.29, 1.82) is 0 Å². The fourth-order valence-electron chi connectivity index (χ4n) is 0.500. The standard InChI is InChI=1S/C4H6N4O2/c9-3-5-1-2-6-4(10)8-7-3/h1-2H2,(H,5,9)(H,6,10). The van der Waals surface area contributed by atoms with Crippen LogP contribution in [-0.2, 0) is 0 Å². The number of hydrogen-bond acceptors (Lipinski definition) is 2. The molecule has 0 radical (unpaired) electrons. The van der Waals surface area contributed by atoms with Gasteiger partial charge in [0, 0.05) is 13.1 Å². The van der Waals surface area contributed by atoms with Crippen LogP contribution >= 0.6 is 0 Å². The fraction of sp³-hybridized carbons (Fsp3) is 0.500. The number of amides is 4. The lowest BCUT2D eigenvalue weighted by Crippen LogP contribution is -2.34. The summed E-state index contributed by atoms with van der Waals surface area (Å²) in [6.45, 7) is 0.785. The summed E-state index contributed by atoms with van der Waals surface area (Å²) in [4.78, 5) is 20.9. The topological polar surface area (TPSA) is 82.9 Å². The van der Waals surface area contributed by atoms with Crippen molar-refractivity contribution in [3.05, 3.63) is 0 Å². The lowest BCUT2D eigenvalue weighted by atomic mass is 10.6. The van der Waals surface area contributed by atoms with Crippen LogP contribution in [0, 0.1) is 0 Å². The Balaban J connectivity index is 2.58. The fourth-order valence-corrected chi connectivity index (χ4v) is 0.500. The maximum absolute atomic E-state index is 10.4. The molecular weight excluding hydrogens is 136 g/mol. The summed E-state index contributed by atoms with van der Waals surface area (Å²) in [6, 6.07) is -1.15. The first kappa shape index (κ1) is 6.66. The molecule has 6 nitrogen and oxygen atoms in total. The smallest absolute Gasteiger partial charge is 0.333 e. The SMILES string of the molecule is O=C1N=NC(=O)NCCN1. The molecule has 0 fully saturated rings. The molecule has 4 amide bonds. The molecule has 0 saturated heterocycles. The van der Waals surface area contributed by atoms with Crippen molar-refractivity contribution in [2.24, 2.45) is 10.2 Å². The average Bonchev–Trinajstić information content (AvgIpc) is 1.90. The summed E-state index contributed by atoms with van der Waals surface area (Å²) in [5.74, 6) is 0. The zero-order valence-electron chi connectivity index (χ0n) is 5.13. The summed E-state index contributed by atoms with van der Waals surface area (Å²) in [7, 11) is 0. The van der Waals surface area contributed by atoms with Gasteiger partial charge in [0.25, 0.3) is 0 Å². The Morgan fingerprint density at radius 1 is 1.00 bits per heavy atom. The molecule has 0 atom stereocenters. The largest absolute Gasteiger partial charge is 0.359 e. The van der Waals surface area contributed by atoms with E-state index in [4.69, 9.17) is 0 Å². The van der Waals surface area contributed by atoms with Gasteiger partial charge in [-0.1, -0.05) is 10.2 Å². The zero-order chi connectivity index (χ0) is 7.40. The predicted molar refractivity (Wildman–Crippen MR) is 31.7 cm³/mol. The molecule has 6 heteroatoms. The van der Waals surface area contributed by atoms with Crippen LogP contribution in [0.1, 0.15) is 0 Å². The van der Waals surface area contributed by atoms with Crippen LogP contribution < -0.4 is 10.6 Å². The molecule has 0 aliphatic carbocycles. The van der Waals surface area contributed by atoms with Gasteiger partial charge >= 0.3 is 12.1 Å². The number of nitrogens with one attached hydrogen (secondary N) is 2. The first-order valence-corrected chi connectivity index (χ1v) is 2.76. The Morgan fingerprint density at radius 3 is 1.80 bits per heavy atom. The number of azo groups is 1. The monoisotopic (exact) mass is 142 g/mol. The van der Waals surface area contributed by atoms with Gasteiger partial charge in [0.2, 0.25) is 0 Å². The van der Waals surface area contributed by atoms with Crippen LogP contribution in [0.2, 0.25) is 0 Å². The van der Waals surface area contributed by atoms with Crippen molar-refractivity contribution in [1.82, 2.24) is 10.6 Å². The van der Waals surface area contributed by atoms with Crippen LogP contribution in [0.15, 0.2) is 10.2 Å². The second kappa shape index (κ2) is 2.90. The maximum atomic E-state index is 10.4. The van der Waals surface area contributed by atoms with E-state index < -0.39 is 12.1 Å². The van der Waals surface area contributed by atoms with E-state index in [1.165, 1.54) is 0 Å². The highest BCUT2D eigenvalue weighted by Gasteiger charge is 2.03. The minimum absolute atomic E-state index is 0.392. The quantitative estimate of drug-likeness (QED) is 0.493. The highest BCUT2D eigenvalue weighted by Crippen LogP contribution is 1.82. The summed E-state index contributed by atoms with van der Waals surface area (Å²) in [5, 5.41) is 10.8. The summed E-state index contributed by atoms with van der Waals surface area (Å²) in [5.41, 5.74) is 0. The Bertz CT molecular complexity index is 168. The van der Waals surface area contributed by atoms with Gasteiger partial charge in [0.1, 0.15) is 0 Å². The molecule has 1 aliphatic heterocycles. The third kappa shape index (κ3) is 1.81. The number of urea groups is 2. The van der Waals surface area contributed by atoms with E-state index in [2.05, 4.69) is 20.9 Å². The molecular formula is C4H6N4O2. The second-order valence-electron chi connectivity index (χ2n) is 1.66. The predicted octanol–water partition coefficient (Wildman–Crippen LogP) is -0.129. The van der Waals surface area contributed by atoms with Crippen molar-refractivity contribution in [2.75, 3.05) is 13.1 Å². The highest BCUT2D eigenvalue weighted by molar-refractivity contribution is 5.80. The van der Waals surface area contributed by atoms with Crippen molar-refractivity contribution in [3.8, 4) is 0 Å². The lowest BCUT2D eigenvalue weighted by Gasteiger charge is -2.03. The molecule has 0 saturated carbocycles. The van der Waals surface area contributed by atoms with Crippen LogP contribution in [0.5, 0.6) is 0 Å². The molecule has 10 heavy (non-hydrogen) atoms. The van der Waals surface area contributed by atoms with E-state index in [1.807, 2.05) is 0 Å². The van der Waals surface area contributed by atoms with Gasteiger partial charge < -0.3 is 10.6 Å². The number of carbonyl (C=O) groups is 2. The van der Waals surface area contributed by atoms with Gasteiger partial charge in [-0.3, -0.25) is 0 Å². The molecule has 0 bridgehead atoms. The highest BCUT2D eigenvalue weighted by atomic mass is 16.2. The van der Waals surface area contributed by atoms with Crippen molar-refractivity contribution >= 4 is 12.1 Å². The van der Waals surface area contributed by atoms with E-state index in [9.17, 15) is 9.59 Å². The van der Waals surface area contributed by atoms with Crippen LogP contribution in [-0.4, -0.2) is 25.2 Å². The zero-order valence-corrected chi connectivity index (χ0v) is 5.13. The third-order valence-electron chi connectivity index (χ3n) is 0.909. The van der Waals surface area contributed by atoms with Crippen LogP contribution in [0.25, 0.3) is 0 Å². The second-order valence-corrected chi connectivity index (χ2v) is 1.66. The Kier molecular flexibility index (Phi) is 1.93. The van der Waals surface area contributed by atoms with Gasteiger partial charge in [0.15, 0.2) is 0 Å². The van der Waals surface area contributed by atoms with Gasteiger partial charge in [-0.05, 0) is 0 Å². The molecule has 0 aromatic heterocycles. The lowest BCUT2D eigenvalue weighted by molar-refractivity contribution is 0.238. The van der Waals surface area contributed by atoms with Crippen molar-refractivity contribution in [2.45, 2.75) is 0 Å². The van der Waals surface area contributed by atoms with Crippen molar-refractivity contribution in [3.63, 3.8) is 0 Å². The van der Waals surface area contributed by atoms with Crippen LogP contribution in [0.4, 0.5) is 9.59 Å². The Morgan fingerprint density at radius 2 is 1.40 bits per heavy atom. The summed E-state index contributed by atoms with van der Waals surface area (Å²) >= 11 is 0. The van der Waals surface area contributed by atoms with E-state index in [-0.39, 0.29) is 0 Å². The van der Waals surface area contributed by atoms with E-state index in [0.29, 0.717) is 13.1 Å². The minimum Gasteiger partial charge on any atom is -0.333 e. The van der Waals surface area contributed by atoms with Gasteiger partial charge in [-0.15, -0.1) is 0 Å². The molecule has 1 aliphatic rings. The third-order valence-corrected chi connectivity index (χ3v) is 0.909. The Hall–Kier alpha value is -1.46. The molecule has 0 aromatic carbocycles. The molecule has 0 unspecified atom stereocenters. The van der Waals surface area contributed by atoms with E-state index in [0.717, 1.165) is 0 Å². The molecule has 0 aromatic rings. The first-order chi connectivity index (χ1) is 4.79. The van der Waals surface area contributed by atoms with Crippen molar-refractivity contribution < 1.29 is 9.59 Å². The van der Waals surface area contributed by atoms with Gasteiger partial charge in [-0.2, -0.15) is 0 Å². The minimum atomic E-state index is -0.574. The normalized spacial score (nSPS) is 18.8. The maximum Gasteiger partial charge on any atom is 0.359 e.